The van der Waals surface area contributed by atoms with Gasteiger partial charge in [0.2, 0.25) is 0 Å². The monoisotopic (exact) mass is 276 g/mol. The number of esters is 1. The first-order valence-electron chi connectivity index (χ1n) is 5.71. The molecular formula is C13H15ClF2O2. The third-order valence-corrected chi connectivity index (χ3v) is 3.07. The predicted molar refractivity (Wildman–Crippen MR) is 66.0 cm³/mol. The van der Waals surface area contributed by atoms with Crippen molar-refractivity contribution >= 4 is 17.6 Å². The lowest BCUT2D eigenvalue weighted by Crippen LogP contribution is -2.35. The van der Waals surface area contributed by atoms with Crippen LogP contribution in [0, 0.1) is 0 Å². The molecule has 0 heterocycles. The summed E-state index contributed by atoms with van der Waals surface area (Å²) in [4.78, 5) is 11.1. The second kappa shape index (κ2) is 6.14. The van der Waals surface area contributed by atoms with Crippen LogP contribution in [0.4, 0.5) is 8.78 Å². The Hall–Kier alpha value is -1.16. The summed E-state index contributed by atoms with van der Waals surface area (Å²) in [5, 5.41) is -1.72. The molecule has 5 heteroatoms. The van der Waals surface area contributed by atoms with Crippen LogP contribution < -0.4 is 0 Å². The van der Waals surface area contributed by atoms with E-state index in [0.717, 1.165) is 12.0 Å². The van der Waals surface area contributed by atoms with Crippen molar-refractivity contribution in [3.05, 3.63) is 35.4 Å². The van der Waals surface area contributed by atoms with Gasteiger partial charge < -0.3 is 4.74 Å². The maximum atomic E-state index is 13.7. The van der Waals surface area contributed by atoms with Crippen LogP contribution >= 0.6 is 11.6 Å². The highest BCUT2D eigenvalue weighted by Crippen LogP contribution is 2.38. The molecule has 0 aliphatic rings. The summed E-state index contributed by atoms with van der Waals surface area (Å²) in [6.07, 6.45) is 0.807. The van der Waals surface area contributed by atoms with Crippen LogP contribution in [0.25, 0.3) is 0 Å². The zero-order valence-electron chi connectivity index (χ0n) is 10.3. The zero-order chi connectivity index (χ0) is 13.8. The normalized spacial score (nSPS) is 13.2. The molecule has 18 heavy (non-hydrogen) atoms. The highest BCUT2D eigenvalue weighted by molar-refractivity contribution is 6.23. The smallest absolute Gasteiger partial charge is 0.379 e. The molecule has 0 saturated carbocycles. The first kappa shape index (κ1) is 14.9. The lowest BCUT2D eigenvalue weighted by molar-refractivity contribution is -0.171. The third-order valence-electron chi connectivity index (χ3n) is 2.55. The van der Waals surface area contributed by atoms with E-state index in [4.69, 9.17) is 11.6 Å². The van der Waals surface area contributed by atoms with Gasteiger partial charge in [-0.3, -0.25) is 0 Å². The Morgan fingerprint density at radius 1 is 1.33 bits per heavy atom. The van der Waals surface area contributed by atoms with Crippen LogP contribution in [0.5, 0.6) is 0 Å². The summed E-state index contributed by atoms with van der Waals surface area (Å²) < 4.78 is 31.6. The number of ether oxygens (including phenoxy) is 1. The molecule has 1 unspecified atom stereocenters. The Morgan fingerprint density at radius 3 is 2.33 bits per heavy atom. The summed E-state index contributed by atoms with van der Waals surface area (Å²) in [7, 11) is 0. The number of carbonyl (C=O) groups is 1. The Morgan fingerprint density at radius 2 is 1.89 bits per heavy atom. The van der Waals surface area contributed by atoms with Crippen LogP contribution in [0.15, 0.2) is 24.3 Å². The number of aryl methyl sites for hydroxylation is 1. The van der Waals surface area contributed by atoms with Crippen molar-refractivity contribution in [1.29, 1.82) is 0 Å². The molecule has 1 aromatic rings. The number of halogens is 3. The van der Waals surface area contributed by atoms with Crippen molar-refractivity contribution in [2.24, 2.45) is 0 Å². The predicted octanol–water partition coefficient (Wildman–Crippen LogP) is 3.73. The van der Waals surface area contributed by atoms with E-state index in [-0.39, 0.29) is 12.2 Å². The van der Waals surface area contributed by atoms with Crippen molar-refractivity contribution in [1.82, 2.24) is 0 Å². The lowest BCUT2D eigenvalue weighted by atomic mass is 10.0. The molecule has 100 valence electrons. The molecule has 0 spiro atoms. The van der Waals surface area contributed by atoms with E-state index in [2.05, 4.69) is 4.74 Å². The Bertz CT molecular complexity index is 404. The van der Waals surface area contributed by atoms with Gasteiger partial charge in [-0.1, -0.05) is 31.2 Å². The molecule has 1 rings (SSSR count). The van der Waals surface area contributed by atoms with E-state index in [9.17, 15) is 13.6 Å². The van der Waals surface area contributed by atoms with E-state index in [1.165, 1.54) is 19.1 Å². The fourth-order valence-electron chi connectivity index (χ4n) is 1.46. The molecule has 0 fully saturated rings. The van der Waals surface area contributed by atoms with Gasteiger partial charge in [-0.2, -0.15) is 8.78 Å². The van der Waals surface area contributed by atoms with Gasteiger partial charge in [-0.25, -0.2) is 4.79 Å². The second-order valence-corrected chi connectivity index (χ2v) is 4.24. The van der Waals surface area contributed by atoms with Crippen LogP contribution in [0.1, 0.15) is 30.4 Å². The van der Waals surface area contributed by atoms with Crippen LogP contribution in [0.2, 0.25) is 0 Å². The quantitative estimate of drug-likeness (QED) is 0.605. The Kier molecular flexibility index (Phi) is 5.08. The molecule has 0 amide bonds. The van der Waals surface area contributed by atoms with Gasteiger partial charge in [0.15, 0.2) is 0 Å². The van der Waals surface area contributed by atoms with E-state index < -0.39 is 17.3 Å². The standard InChI is InChI=1S/C13H15ClF2O2/c1-3-9-5-7-10(8-6-9)11(14)13(15,16)12(17)18-4-2/h5-8,11H,3-4H2,1-2H3. The van der Waals surface area contributed by atoms with Gasteiger partial charge in [0.25, 0.3) is 0 Å². The molecule has 0 N–H and O–H groups in total. The highest BCUT2D eigenvalue weighted by atomic mass is 35.5. The Labute approximate surface area is 110 Å². The lowest BCUT2D eigenvalue weighted by Gasteiger charge is -2.20. The van der Waals surface area contributed by atoms with E-state index in [1.54, 1.807) is 12.1 Å². The van der Waals surface area contributed by atoms with Crippen LogP contribution in [-0.2, 0) is 16.0 Å². The van der Waals surface area contributed by atoms with Gasteiger partial charge in [0.1, 0.15) is 5.38 Å². The molecular weight excluding hydrogens is 262 g/mol. The van der Waals surface area contributed by atoms with Crippen LogP contribution in [0.3, 0.4) is 0 Å². The Balaban J connectivity index is 2.90. The topological polar surface area (TPSA) is 26.3 Å². The SMILES string of the molecule is CCOC(=O)C(F)(F)C(Cl)c1ccc(CC)cc1. The van der Waals surface area contributed by atoms with Crippen molar-refractivity contribution in [2.75, 3.05) is 6.61 Å². The summed E-state index contributed by atoms with van der Waals surface area (Å²) in [5.74, 6) is -5.32. The van der Waals surface area contributed by atoms with Gasteiger partial charge in [-0.15, -0.1) is 11.6 Å². The number of hydrogen-bond acceptors (Lipinski definition) is 2. The molecule has 0 radical (unpaired) electrons. The number of benzene rings is 1. The number of carbonyl (C=O) groups excluding carboxylic acids is 1. The average molecular weight is 277 g/mol. The van der Waals surface area contributed by atoms with E-state index >= 15 is 0 Å². The van der Waals surface area contributed by atoms with E-state index in [1.807, 2.05) is 6.92 Å². The molecule has 0 saturated heterocycles. The van der Waals surface area contributed by atoms with Crippen LogP contribution in [-0.4, -0.2) is 18.5 Å². The molecule has 0 aliphatic heterocycles. The summed E-state index contributed by atoms with van der Waals surface area (Å²) in [5.41, 5.74) is 1.22. The summed E-state index contributed by atoms with van der Waals surface area (Å²) in [6, 6.07) is 6.44. The minimum absolute atomic E-state index is 0.104. The fraction of sp³-hybridized carbons (Fsp3) is 0.462. The number of rotatable bonds is 5. The first-order valence-corrected chi connectivity index (χ1v) is 6.15. The molecule has 2 nitrogen and oxygen atoms in total. The molecule has 1 atom stereocenters. The number of alkyl halides is 3. The first-order chi connectivity index (χ1) is 8.43. The minimum Gasteiger partial charge on any atom is -0.462 e. The summed E-state index contributed by atoms with van der Waals surface area (Å²) in [6.45, 7) is 3.32. The minimum atomic E-state index is -3.73. The van der Waals surface area contributed by atoms with E-state index in [0.29, 0.717) is 0 Å². The second-order valence-electron chi connectivity index (χ2n) is 3.80. The van der Waals surface area contributed by atoms with Crippen molar-refractivity contribution in [3.63, 3.8) is 0 Å². The van der Waals surface area contributed by atoms with Crippen molar-refractivity contribution < 1.29 is 18.3 Å². The molecule has 0 aromatic heterocycles. The maximum absolute atomic E-state index is 13.7. The van der Waals surface area contributed by atoms with Crippen molar-refractivity contribution in [3.8, 4) is 0 Å². The number of hydrogen-bond donors (Lipinski definition) is 0. The molecule has 0 aliphatic carbocycles. The van der Waals surface area contributed by atoms with Gasteiger partial charge in [-0.05, 0) is 24.5 Å². The fourth-order valence-corrected chi connectivity index (χ4v) is 1.70. The molecule has 0 bridgehead atoms. The maximum Gasteiger partial charge on any atom is 0.379 e. The zero-order valence-corrected chi connectivity index (χ0v) is 11.0. The van der Waals surface area contributed by atoms with Gasteiger partial charge in [0, 0.05) is 0 Å². The van der Waals surface area contributed by atoms with Gasteiger partial charge >= 0.3 is 11.9 Å². The molecule has 1 aromatic carbocycles. The third kappa shape index (κ3) is 3.19. The average Bonchev–Trinajstić information content (AvgIpc) is 2.38. The highest BCUT2D eigenvalue weighted by Gasteiger charge is 2.48. The largest absolute Gasteiger partial charge is 0.462 e. The summed E-state index contributed by atoms with van der Waals surface area (Å²) >= 11 is 5.67. The van der Waals surface area contributed by atoms with Gasteiger partial charge in [0.05, 0.1) is 6.61 Å². The van der Waals surface area contributed by atoms with Crippen molar-refractivity contribution in [2.45, 2.75) is 31.6 Å².